The highest BCUT2D eigenvalue weighted by molar-refractivity contribution is 5.31. The van der Waals surface area contributed by atoms with Crippen LogP contribution >= 0.6 is 0 Å². The molecule has 0 radical (unpaired) electrons. The molecular weight excluding hydrogens is 224 g/mol. The Kier molecular flexibility index (Phi) is 3.13. The third-order valence-corrected chi connectivity index (χ3v) is 3.54. The Bertz CT molecular complexity index is 495. The number of rotatable bonds is 3. The summed E-state index contributed by atoms with van der Waals surface area (Å²) >= 11 is 0. The van der Waals surface area contributed by atoms with Gasteiger partial charge in [-0.05, 0) is 11.1 Å². The van der Waals surface area contributed by atoms with Gasteiger partial charge in [0.05, 0.1) is 18.8 Å². The van der Waals surface area contributed by atoms with E-state index < -0.39 is 0 Å². The summed E-state index contributed by atoms with van der Waals surface area (Å²) in [7, 11) is 0. The number of ether oxygens (including phenoxy) is 1. The topological polar surface area (TPSA) is 29.5 Å². The van der Waals surface area contributed by atoms with Crippen LogP contribution in [0.15, 0.2) is 60.7 Å². The molecule has 1 fully saturated rings. The SMILES string of the molecule is OC[C@@H]1O[C@H](c2ccccc2)[C@H]1c1ccccc1. The maximum Gasteiger partial charge on any atom is 0.0924 e. The molecule has 3 atom stereocenters. The lowest BCUT2D eigenvalue weighted by Crippen LogP contribution is -2.43. The second kappa shape index (κ2) is 4.92. The Labute approximate surface area is 107 Å². The molecular formula is C16H16O2. The molecule has 1 N–H and O–H groups in total. The quantitative estimate of drug-likeness (QED) is 0.893. The van der Waals surface area contributed by atoms with Crippen LogP contribution in [0.25, 0.3) is 0 Å². The molecule has 2 aromatic rings. The van der Waals surface area contributed by atoms with Crippen molar-refractivity contribution < 1.29 is 9.84 Å². The van der Waals surface area contributed by atoms with Crippen LogP contribution in [0.2, 0.25) is 0 Å². The van der Waals surface area contributed by atoms with Gasteiger partial charge < -0.3 is 9.84 Å². The molecule has 0 saturated carbocycles. The van der Waals surface area contributed by atoms with Gasteiger partial charge in [0.1, 0.15) is 0 Å². The number of benzene rings is 2. The molecule has 0 aliphatic carbocycles. The first-order valence-electron chi connectivity index (χ1n) is 6.26. The van der Waals surface area contributed by atoms with Crippen LogP contribution in [0.5, 0.6) is 0 Å². The minimum atomic E-state index is -0.0855. The Balaban J connectivity index is 1.89. The average Bonchev–Trinajstić information content (AvgIpc) is 2.41. The van der Waals surface area contributed by atoms with Crippen molar-refractivity contribution in [1.29, 1.82) is 0 Å². The third kappa shape index (κ3) is 1.94. The number of aliphatic hydroxyl groups is 1. The molecule has 1 aliphatic heterocycles. The summed E-state index contributed by atoms with van der Waals surface area (Å²) in [5.41, 5.74) is 2.41. The van der Waals surface area contributed by atoms with Crippen LogP contribution in [0.4, 0.5) is 0 Å². The van der Waals surface area contributed by atoms with E-state index in [0.29, 0.717) is 0 Å². The standard InChI is InChI=1S/C16H16O2/c17-11-14-15(12-7-3-1-4-8-12)16(18-14)13-9-5-2-6-10-13/h1-10,14-17H,11H2/t14-,15-,16+/m0/s1. The lowest BCUT2D eigenvalue weighted by molar-refractivity contribution is -0.168. The molecule has 1 saturated heterocycles. The fraction of sp³-hybridized carbons (Fsp3) is 0.250. The van der Waals surface area contributed by atoms with Crippen molar-refractivity contribution in [1.82, 2.24) is 0 Å². The van der Waals surface area contributed by atoms with E-state index in [-0.39, 0.29) is 24.7 Å². The molecule has 0 bridgehead atoms. The van der Waals surface area contributed by atoms with Crippen molar-refractivity contribution >= 4 is 0 Å². The summed E-state index contributed by atoms with van der Waals surface area (Å²) in [4.78, 5) is 0. The van der Waals surface area contributed by atoms with Crippen LogP contribution in [-0.4, -0.2) is 17.8 Å². The second-order valence-corrected chi connectivity index (χ2v) is 4.62. The third-order valence-electron chi connectivity index (χ3n) is 3.54. The highest BCUT2D eigenvalue weighted by Gasteiger charge is 2.43. The fourth-order valence-electron chi connectivity index (χ4n) is 2.61. The summed E-state index contributed by atoms with van der Waals surface area (Å²) in [5.74, 6) is 0.249. The fourth-order valence-corrected chi connectivity index (χ4v) is 2.61. The van der Waals surface area contributed by atoms with Gasteiger partial charge in [0.2, 0.25) is 0 Å². The van der Waals surface area contributed by atoms with Crippen molar-refractivity contribution in [2.45, 2.75) is 18.1 Å². The van der Waals surface area contributed by atoms with Crippen LogP contribution in [0.1, 0.15) is 23.1 Å². The maximum atomic E-state index is 9.36. The lowest BCUT2D eigenvalue weighted by atomic mass is 9.80. The molecule has 2 aromatic carbocycles. The van der Waals surface area contributed by atoms with Gasteiger partial charge >= 0.3 is 0 Å². The highest BCUT2D eigenvalue weighted by atomic mass is 16.5. The zero-order valence-electron chi connectivity index (χ0n) is 10.1. The van der Waals surface area contributed by atoms with E-state index in [9.17, 15) is 5.11 Å². The van der Waals surface area contributed by atoms with E-state index in [0.717, 1.165) is 0 Å². The van der Waals surface area contributed by atoms with Gasteiger partial charge in [0, 0.05) is 5.92 Å². The summed E-state index contributed by atoms with van der Waals surface area (Å²) in [6.07, 6.45) is -0.0247. The van der Waals surface area contributed by atoms with Crippen molar-refractivity contribution in [3.63, 3.8) is 0 Å². The average molecular weight is 240 g/mol. The largest absolute Gasteiger partial charge is 0.394 e. The number of aliphatic hydroxyl groups excluding tert-OH is 1. The molecule has 0 spiro atoms. The van der Waals surface area contributed by atoms with Gasteiger partial charge in [0.25, 0.3) is 0 Å². The van der Waals surface area contributed by atoms with Crippen LogP contribution in [0.3, 0.4) is 0 Å². The van der Waals surface area contributed by atoms with Crippen molar-refractivity contribution in [3.8, 4) is 0 Å². The minimum absolute atomic E-state index is 0.0609. The van der Waals surface area contributed by atoms with Gasteiger partial charge in [-0.15, -0.1) is 0 Å². The first kappa shape index (κ1) is 11.5. The number of hydrogen-bond donors (Lipinski definition) is 1. The molecule has 92 valence electrons. The minimum Gasteiger partial charge on any atom is -0.394 e. The summed E-state index contributed by atoms with van der Waals surface area (Å²) in [6, 6.07) is 20.5. The van der Waals surface area contributed by atoms with Crippen molar-refractivity contribution in [2.75, 3.05) is 6.61 Å². The zero-order chi connectivity index (χ0) is 12.4. The molecule has 3 rings (SSSR count). The first-order chi connectivity index (χ1) is 8.90. The van der Waals surface area contributed by atoms with Gasteiger partial charge in [-0.2, -0.15) is 0 Å². The maximum absolute atomic E-state index is 9.36. The lowest BCUT2D eigenvalue weighted by Gasteiger charge is -2.44. The normalized spacial score (nSPS) is 26.6. The van der Waals surface area contributed by atoms with E-state index in [1.54, 1.807) is 0 Å². The van der Waals surface area contributed by atoms with E-state index in [4.69, 9.17) is 4.74 Å². The Morgan fingerprint density at radius 2 is 1.39 bits per heavy atom. The Morgan fingerprint density at radius 1 is 0.833 bits per heavy atom. The Morgan fingerprint density at radius 3 is 1.94 bits per heavy atom. The molecule has 2 nitrogen and oxygen atoms in total. The van der Waals surface area contributed by atoms with E-state index in [1.165, 1.54) is 11.1 Å². The van der Waals surface area contributed by atoms with Gasteiger partial charge in [-0.3, -0.25) is 0 Å². The van der Waals surface area contributed by atoms with Crippen molar-refractivity contribution in [3.05, 3.63) is 71.8 Å². The van der Waals surface area contributed by atoms with Crippen LogP contribution < -0.4 is 0 Å². The predicted octanol–water partition coefficient (Wildman–Crippen LogP) is 2.90. The van der Waals surface area contributed by atoms with Gasteiger partial charge in [-0.25, -0.2) is 0 Å². The molecule has 0 amide bonds. The summed E-state index contributed by atoms with van der Waals surface area (Å²) in [5, 5.41) is 9.36. The zero-order valence-corrected chi connectivity index (χ0v) is 10.1. The van der Waals surface area contributed by atoms with Crippen LogP contribution in [-0.2, 0) is 4.74 Å². The molecule has 0 aromatic heterocycles. The first-order valence-corrected chi connectivity index (χ1v) is 6.26. The molecule has 1 aliphatic rings. The van der Waals surface area contributed by atoms with Gasteiger partial charge in [-0.1, -0.05) is 60.7 Å². The molecule has 2 heteroatoms. The molecule has 0 unspecified atom stereocenters. The van der Waals surface area contributed by atoms with Crippen LogP contribution in [0, 0.1) is 0 Å². The van der Waals surface area contributed by atoms with E-state index in [1.807, 2.05) is 36.4 Å². The van der Waals surface area contributed by atoms with Crippen molar-refractivity contribution in [2.24, 2.45) is 0 Å². The summed E-state index contributed by atoms with van der Waals surface area (Å²) in [6.45, 7) is 0.0723. The summed E-state index contributed by atoms with van der Waals surface area (Å²) < 4.78 is 5.79. The Hall–Kier alpha value is -1.64. The smallest absolute Gasteiger partial charge is 0.0924 e. The van der Waals surface area contributed by atoms with E-state index in [2.05, 4.69) is 24.3 Å². The predicted molar refractivity (Wildman–Crippen MR) is 70.3 cm³/mol. The highest BCUT2D eigenvalue weighted by Crippen LogP contribution is 2.47. The molecule has 1 heterocycles. The van der Waals surface area contributed by atoms with Gasteiger partial charge in [0.15, 0.2) is 0 Å². The second-order valence-electron chi connectivity index (χ2n) is 4.62. The monoisotopic (exact) mass is 240 g/mol. The molecule has 18 heavy (non-hydrogen) atoms. The number of hydrogen-bond acceptors (Lipinski definition) is 2. The van der Waals surface area contributed by atoms with E-state index >= 15 is 0 Å².